The highest BCUT2D eigenvalue weighted by molar-refractivity contribution is 5.67. The smallest absolute Gasteiger partial charge is 0.407 e. The van der Waals surface area contributed by atoms with Gasteiger partial charge in [0.1, 0.15) is 5.60 Å². The first-order valence-electron chi connectivity index (χ1n) is 4.18. The molecule has 0 rings (SSSR count). The molecular formula is C8H18N2O3. The molecule has 1 amide bonds. The van der Waals surface area contributed by atoms with E-state index in [1.807, 2.05) is 20.8 Å². The lowest BCUT2D eigenvalue weighted by Gasteiger charge is -2.19. The number of hydrogen-bond acceptors (Lipinski definition) is 4. The lowest BCUT2D eigenvalue weighted by molar-refractivity contribution is 0.0507. The van der Waals surface area contributed by atoms with E-state index in [2.05, 4.69) is 15.6 Å². The molecule has 13 heavy (non-hydrogen) atoms. The van der Waals surface area contributed by atoms with E-state index in [1.165, 1.54) is 7.11 Å². The van der Waals surface area contributed by atoms with Crippen LogP contribution >= 0.6 is 0 Å². The summed E-state index contributed by atoms with van der Waals surface area (Å²) in [6.45, 7) is 6.48. The average molecular weight is 190 g/mol. The standard InChI is InChI=1S/C8H18N2O3/c1-8(2,3)13-7(11)9-5-6-10-12-4/h10H,5-6H2,1-4H3,(H,9,11). The van der Waals surface area contributed by atoms with E-state index >= 15 is 0 Å². The molecule has 0 aliphatic rings. The number of nitrogens with one attached hydrogen (secondary N) is 2. The number of rotatable bonds is 4. The summed E-state index contributed by atoms with van der Waals surface area (Å²) in [5.74, 6) is 0. The van der Waals surface area contributed by atoms with Crippen molar-refractivity contribution < 1.29 is 14.4 Å². The molecule has 0 fully saturated rings. The predicted molar refractivity (Wildman–Crippen MR) is 49.2 cm³/mol. The van der Waals surface area contributed by atoms with E-state index in [9.17, 15) is 4.79 Å². The van der Waals surface area contributed by atoms with Crippen molar-refractivity contribution in [3.8, 4) is 0 Å². The van der Waals surface area contributed by atoms with Crippen molar-refractivity contribution in [2.75, 3.05) is 20.2 Å². The molecular weight excluding hydrogens is 172 g/mol. The molecule has 0 atom stereocenters. The normalized spacial score (nSPS) is 11.1. The molecule has 2 N–H and O–H groups in total. The van der Waals surface area contributed by atoms with Crippen LogP contribution in [0.1, 0.15) is 20.8 Å². The highest BCUT2D eigenvalue weighted by atomic mass is 16.6. The van der Waals surface area contributed by atoms with Crippen molar-refractivity contribution in [2.45, 2.75) is 26.4 Å². The van der Waals surface area contributed by atoms with Gasteiger partial charge in [-0.25, -0.2) is 10.3 Å². The monoisotopic (exact) mass is 190 g/mol. The van der Waals surface area contributed by atoms with Crippen LogP contribution in [0.15, 0.2) is 0 Å². The fraction of sp³-hybridized carbons (Fsp3) is 0.875. The third-order valence-corrected chi connectivity index (χ3v) is 1.04. The molecule has 0 radical (unpaired) electrons. The largest absolute Gasteiger partial charge is 0.444 e. The molecule has 0 saturated carbocycles. The number of hydroxylamine groups is 1. The number of ether oxygens (including phenoxy) is 1. The predicted octanol–water partition coefficient (Wildman–Crippen LogP) is 0.662. The first-order chi connectivity index (χ1) is 5.95. The third kappa shape index (κ3) is 9.10. The Kier molecular flexibility index (Phi) is 5.41. The zero-order chi connectivity index (χ0) is 10.3. The second kappa shape index (κ2) is 5.77. The number of carbonyl (C=O) groups excluding carboxylic acids is 1. The molecule has 5 heteroatoms. The summed E-state index contributed by atoms with van der Waals surface area (Å²) in [5, 5.41) is 2.57. The van der Waals surface area contributed by atoms with Crippen molar-refractivity contribution in [1.29, 1.82) is 0 Å². The number of amides is 1. The minimum atomic E-state index is -0.446. The summed E-state index contributed by atoms with van der Waals surface area (Å²) in [5.41, 5.74) is 2.15. The highest BCUT2D eigenvalue weighted by Crippen LogP contribution is 2.05. The van der Waals surface area contributed by atoms with Crippen LogP contribution in [0.2, 0.25) is 0 Å². The van der Waals surface area contributed by atoms with E-state index < -0.39 is 11.7 Å². The lowest BCUT2D eigenvalue weighted by atomic mass is 10.2. The van der Waals surface area contributed by atoms with E-state index in [1.54, 1.807) is 0 Å². The van der Waals surface area contributed by atoms with Gasteiger partial charge in [0.05, 0.1) is 7.11 Å². The molecule has 5 nitrogen and oxygen atoms in total. The van der Waals surface area contributed by atoms with Gasteiger partial charge in [0.25, 0.3) is 0 Å². The van der Waals surface area contributed by atoms with Crippen molar-refractivity contribution in [1.82, 2.24) is 10.8 Å². The summed E-state index contributed by atoms with van der Waals surface area (Å²) in [7, 11) is 1.52. The molecule has 0 bridgehead atoms. The van der Waals surface area contributed by atoms with E-state index in [0.29, 0.717) is 13.1 Å². The van der Waals surface area contributed by atoms with Gasteiger partial charge < -0.3 is 14.9 Å². The van der Waals surface area contributed by atoms with Crippen LogP contribution < -0.4 is 10.8 Å². The van der Waals surface area contributed by atoms with Gasteiger partial charge in [-0.15, -0.1) is 0 Å². The van der Waals surface area contributed by atoms with Crippen LogP contribution in [0.5, 0.6) is 0 Å². The minimum absolute atomic E-state index is 0.412. The van der Waals surface area contributed by atoms with Gasteiger partial charge in [-0.05, 0) is 20.8 Å². The molecule has 0 aromatic carbocycles. The van der Waals surface area contributed by atoms with Gasteiger partial charge in [-0.3, -0.25) is 0 Å². The van der Waals surface area contributed by atoms with Gasteiger partial charge in [-0.1, -0.05) is 0 Å². The average Bonchev–Trinajstić information content (AvgIpc) is 1.94. The molecule has 0 aliphatic carbocycles. The summed E-state index contributed by atoms with van der Waals surface area (Å²) >= 11 is 0. The zero-order valence-electron chi connectivity index (χ0n) is 8.64. The van der Waals surface area contributed by atoms with E-state index in [0.717, 1.165) is 0 Å². The Morgan fingerprint density at radius 1 is 1.31 bits per heavy atom. The van der Waals surface area contributed by atoms with Gasteiger partial charge in [0.15, 0.2) is 0 Å². The third-order valence-electron chi connectivity index (χ3n) is 1.04. The topological polar surface area (TPSA) is 59.6 Å². The summed E-state index contributed by atoms with van der Waals surface area (Å²) in [6, 6.07) is 0. The molecule has 78 valence electrons. The van der Waals surface area contributed by atoms with Crippen molar-refractivity contribution in [3.05, 3.63) is 0 Å². The van der Waals surface area contributed by atoms with Crippen LogP contribution in [-0.2, 0) is 9.57 Å². The van der Waals surface area contributed by atoms with E-state index in [-0.39, 0.29) is 0 Å². The Morgan fingerprint density at radius 2 is 1.92 bits per heavy atom. The highest BCUT2D eigenvalue weighted by Gasteiger charge is 2.15. The maximum absolute atomic E-state index is 11.0. The van der Waals surface area contributed by atoms with Crippen LogP contribution in [0, 0.1) is 0 Å². The van der Waals surface area contributed by atoms with Crippen molar-refractivity contribution >= 4 is 6.09 Å². The molecule has 0 spiro atoms. The Labute approximate surface area is 78.7 Å². The number of alkyl carbamates (subject to hydrolysis) is 1. The van der Waals surface area contributed by atoms with Crippen molar-refractivity contribution in [3.63, 3.8) is 0 Å². The maximum Gasteiger partial charge on any atom is 0.407 e. The second-order valence-electron chi connectivity index (χ2n) is 3.53. The van der Waals surface area contributed by atoms with Crippen LogP contribution in [0.25, 0.3) is 0 Å². The first-order valence-corrected chi connectivity index (χ1v) is 4.18. The summed E-state index contributed by atoms with van der Waals surface area (Å²) in [4.78, 5) is 15.6. The van der Waals surface area contributed by atoms with Crippen LogP contribution in [-0.4, -0.2) is 31.9 Å². The minimum Gasteiger partial charge on any atom is -0.444 e. The lowest BCUT2D eigenvalue weighted by Crippen LogP contribution is -2.36. The molecule has 0 aromatic heterocycles. The summed E-state index contributed by atoms with van der Waals surface area (Å²) < 4.78 is 5.00. The molecule has 0 heterocycles. The number of carbonyl (C=O) groups is 1. The van der Waals surface area contributed by atoms with Crippen molar-refractivity contribution in [2.24, 2.45) is 0 Å². The fourth-order valence-corrected chi connectivity index (χ4v) is 0.632. The molecule has 0 aliphatic heterocycles. The Hall–Kier alpha value is -0.810. The Balaban J connectivity index is 3.41. The van der Waals surface area contributed by atoms with Crippen LogP contribution in [0.3, 0.4) is 0 Å². The molecule has 0 aromatic rings. The zero-order valence-corrected chi connectivity index (χ0v) is 8.64. The van der Waals surface area contributed by atoms with Gasteiger partial charge in [0.2, 0.25) is 0 Å². The Morgan fingerprint density at radius 3 is 2.38 bits per heavy atom. The maximum atomic E-state index is 11.0. The first kappa shape index (κ1) is 12.2. The van der Waals surface area contributed by atoms with E-state index in [4.69, 9.17) is 4.74 Å². The SMILES string of the molecule is CONCCNC(=O)OC(C)(C)C. The van der Waals surface area contributed by atoms with Crippen LogP contribution in [0.4, 0.5) is 4.79 Å². The molecule has 0 unspecified atom stereocenters. The Bertz CT molecular complexity index is 154. The number of hydrogen-bond donors (Lipinski definition) is 2. The fourth-order valence-electron chi connectivity index (χ4n) is 0.632. The molecule has 0 saturated heterocycles. The summed E-state index contributed by atoms with van der Waals surface area (Å²) in [6.07, 6.45) is -0.412. The van der Waals surface area contributed by atoms with Gasteiger partial charge in [0, 0.05) is 13.1 Å². The second-order valence-corrected chi connectivity index (χ2v) is 3.53. The van der Waals surface area contributed by atoms with Gasteiger partial charge in [-0.2, -0.15) is 0 Å². The quantitative estimate of drug-likeness (QED) is 0.505. The van der Waals surface area contributed by atoms with Gasteiger partial charge >= 0.3 is 6.09 Å².